The molecule has 0 saturated carbocycles. The molecule has 0 aliphatic carbocycles. The van der Waals surface area contributed by atoms with Crippen LogP contribution in [0.25, 0.3) is 0 Å². The average molecular weight is 248 g/mol. The van der Waals surface area contributed by atoms with Gasteiger partial charge in [0.15, 0.2) is 0 Å². The fourth-order valence-electron chi connectivity index (χ4n) is 1.53. The molecule has 1 aromatic rings. The number of carbonyl (C=O) groups excluding carboxylic acids is 2. The molecule has 0 aliphatic rings. The Bertz CT molecular complexity index is 416. The van der Waals surface area contributed by atoms with Crippen LogP contribution in [0.3, 0.4) is 0 Å². The average Bonchev–Trinajstić information content (AvgIpc) is 2.36. The minimum absolute atomic E-state index is 0.0265. The molecule has 0 radical (unpaired) electrons. The third-order valence-corrected chi connectivity index (χ3v) is 2.49. The van der Waals surface area contributed by atoms with E-state index < -0.39 is 0 Å². The Morgan fingerprint density at radius 2 is 1.94 bits per heavy atom. The minimum atomic E-state index is -0.137. The van der Waals surface area contributed by atoms with E-state index >= 15 is 0 Å². The number of hydrogen-bond donors (Lipinski definition) is 2. The van der Waals surface area contributed by atoms with E-state index in [0.29, 0.717) is 25.1 Å². The van der Waals surface area contributed by atoms with Gasteiger partial charge in [-0.2, -0.15) is 0 Å². The second-order valence-corrected chi connectivity index (χ2v) is 4.23. The summed E-state index contributed by atoms with van der Waals surface area (Å²) in [5.41, 5.74) is 1.67. The molecule has 0 spiro atoms. The van der Waals surface area contributed by atoms with Gasteiger partial charge in [0.1, 0.15) is 0 Å². The predicted octanol–water partition coefficient (Wildman–Crippen LogP) is 1.64. The summed E-state index contributed by atoms with van der Waals surface area (Å²) in [7, 11) is 0. The molecule has 1 aromatic carbocycles. The van der Waals surface area contributed by atoms with Crippen molar-refractivity contribution in [3.8, 4) is 0 Å². The molecule has 0 aliphatic heterocycles. The number of rotatable bonds is 6. The Morgan fingerprint density at radius 3 is 2.61 bits per heavy atom. The number of nitrogens with one attached hydrogen (secondary N) is 2. The SMILES string of the molecule is CCCNC(=O)CCNC(=O)c1cccc(C)c1. The zero-order valence-electron chi connectivity index (χ0n) is 11.0. The van der Waals surface area contributed by atoms with Crippen molar-refractivity contribution < 1.29 is 9.59 Å². The summed E-state index contributed by atoms with van der Waals surface area (Å²) in [5, 5.41) is 5.50. The van der Waals surface area contributed by atoms with Crippen LogP contribution in [0.1, 0.15) is 35.7 Å². The number of aryl methyl sites for hydroxylation is 1. The molecule has 0 bridgehead atoms. The van der Waals surface area contributed by atoms with Crippen LogP contribution < -0.4 is 10.6 Å². The number of hydrogen-bond acceptors (Lipinski definition) is 2. The van der Waals surface area contributed by atoms with Crippen molar-refractivity contribution in [2.75, 3.05) is 13.1 Å². The summed E-state index contributed by atoms with van der Waals surface area (Å²) in [5.74, 6) is -0.164. The van der Waals surface area contributed by atoms with Crippen LogP contribution in [-0.4, -0.2) is 24.9 Å². The molecule has 0 aromatic heterocycles. The lowest BCUT2D eigenvalue weighted by Gasteiger charge is -2.06. The fourth-order valence-corrected chi connectivity index (χ4v) is 1.53. The van der Waals surface area contributed by atoms with Gasteiger partial charge in [-0.15, -0.1) is 0 Å². The fraction of sp³-hybridized carbons (Fsp3) is 0.429. The third-order valence-electron chi connectivity index (χ3n) is 2.49. The van der Waals surface area contributed by atoms with Crippen molar-refractivity contribution in [1.29, 1.82) is 0 Å². The highest BCUT2D eigenvalue weighted by Crippen LogP contribution is 2.03. The van der Waals surface area contributed by atoms with E-state index in [9.17, 15) is 9.59 Å². The maximum Gasteiger partial charge on any atom is 0.251 e. The normalized spacial score (nSPS) is 9.89. The van der Waals surface area contributed by atoms with Gasteiger partial charge >= 0.3 is 0 Å². The van der Waals surface area contributed by atoms with E-state index in [4.69, 9.17) is 0 Å². The lowest BCUT2D eigenvalue weighted by atomic mass is 10.1. The monoisotopic (exact) mass is 248 g/mol. The zero-order valence-corrected chi connectivity index (χ0v) is 11.0. The van der Waals surface area contributed by atoms with Gasteiger partial charge in [-0.1, -0.05) is 24.6 Å². The summed E-state index contributed by atoms with van der Waals surface area (Å²) in [4.78, 5) is 23.1. The maximum atomic E-state index is 11.7. The zero-order chi connectivity index (χ0) is 13.4. The first-order valence-corrected chi connectivity index (χ1v) is 6.25. The first-order valence-electron chi connectivity index (χ1n) is 6.25. The minimum Gasteiger partial charge on any atom is -0.356 e. The number of carbonyl (C=O) groups is 2. The lowest BCUT2D eigenvalue weighted by molar-refractivity contribution is -0.120. The van der Waals surface area contributed by atoms with Crippen LogP contribution in [-0.2, 0) is 4.79 Å². The summed E-state index contributed by atoms with van der Waals surface area (Å²) in [6.45, 7) is 4.99. The van der Waals surface area contributed by atoms with Crippen molar-refractivity contribution >= 4 is 11.8 Å². The lowest BCUT2D eigenvalue weighted by Crippen LogP contribution is -2.31. The van der Waals surface area contributed by atoms with Gasteiger partial charge in [-0.25, -0.2) is 0 Å². The van der Waals surface area contributed by atoms with Gasteiger partial charge in [0.05, 0.1) is 0 Å². The third kappa shape index (κ3) is 4.99. The summed E-state index contributed by atoms with van der Waals surface area (Å²) in [6, 6.07) is 7.37. The van der Waals surface area contributed by atoms with Gasteiger partial charge in [0.2, 0.25) is 5.91 Å². The molecule has 2 amide bonds. The van der Waals surface area contributed by atoms with Gasteiger partial charge in [0.25, 0.3) is 5.91 Å². The first-order chi connectivity index (χ1) is 8.63. The Morgan fingerprint density at radius 1 is 1.17 bits per heavy atom. The second kappa shape index (κ2) is 7.48. The number of benzene rings is 1. The summed E-state index contributed by atoms with van der Waals surface area (Å²) in [6.07, 6.45) is 1.24. The molecule has 2 N–H and O–H groups in total. The summed E-state index contributed by atoms with van der Waals surface area (Å²) < 4.78 is 0. The predicted molar refractivity (Wildman–Crippen MR) is 71.4 cm³/mol. The summed E-state index contributed by atoms with van der Waals surface area (Å²) >= 11 is 0. The van der Waals surface area contributed by atoms with E-state index in [-0.39, 0.29) is 11.8 Å². The van der Waals surface area contributed by atoms with Crippen LogP contribution in [0.15, 0.2) is 24.3 Å². The molecular weight excluding hydrogens is 228 g/mol. The quantitative estimate of drug-likeness (QED) is 0.804. The smallest absolute Gasteiger partial charge is 0.251 e. The molecule has 18 heavy (non-hydrogen) atoms. The topological polar surface area (TPSA) is 58.2 Å². The Balaban J connectivity index is 2.31. The molecule has 1 rings (SSSR count). The van der Waals surface area contributed by atoms with Crippen molar-refractivity contribution in [2.45, 2.75) is 26.7 Å². The van der Waals surface area contributed by atoms with E-state index in [2.05, 4.69) is 10.6 Å². The van der Waals surface area contributed by atoms with Gasteiger partial charge in [-0.05, 0) is 25.5 Å². The Labute approximate surface area is 108 Å². The largest absolute Gasteiger partial charge is 0.356 e. The van der Waals surface area contributed by atoms with Crippen LogP contribution >= 0.6 is 0 Å². The molecule has 98 valence electrons. The molecule has 0 unspecified atom stereocenters. The van der Waals surface area contributed by atoms with Crippen molar-refractivity contribution in [2.24, 2.45) is 0 Å². The second-order valence-electron chi connectivity index (χ2n) is 4.23. The standard InChI is InChI=1S/C14H20N2O2/c1-3-8-15-13(17)7-9-16-14(18)12-6-4-5-11(2)10-12/h4-6,10H,3,7-9H2,1-2H3,(H,15,17)(H,16,18). The first kappa shape index (κ1) is 14.2. The Hall–Kier alpha value is -1.84. The molecule has 0 atom stereocenters. The van der Waals surface area contributed by atoms with Crippen LogP contribution in [0.4, 0.5) is 0 Å². The molecule has 0 heterocycles. The molecule has 0 saturated heterocycles. The van der Waals surface area contributed by atoms with Gasteiger partial charge < -0.3 is 10.6 Å². The molecule has 0 fully saturated rings. The highest BCUT2D eigenvalue weighted by atomic mass is 16.2. The number of amides is 2. The van der Waals surface area contributed by atoms with E-state index in [1.807, 2.05) is 32.0 Å². The van der Waals surface area contributed by atoms with Crippen molar-refractivity contribution in [3.63, 3.8) is 0 Å². The van der Waals surface area contributed by atoms with Crippen molar-refractivity contribution in [1.82, 2.24) is 10.6 Å². The van der Waals surface area contributed by atoms with E-state index in [1.54, 1.807) is 6.07 Å². The van der Waals surface area contributed by atoms with Crippen LogP contribution in [0, 0.1) is 6.92 Å². The molecule has 4 heteroatoms. The maximum absolute atomic E-state index is 11.7. The van der Waals surface area contributed by atoms with Gasteiger partial charge in [0, 0.05) is 25.1 Å². The van der Waals surface area contributed by atoms with E-state index in [0.717, 1.165) is 12.0 Å². The molecule has 4 nitrogen and oxygen atoms in total. The highest BCUT2D eigenvalue weighted by molar-refractivity contribution is 5.94. The highest BCUT2D eigenvalue weighted by Gasteiger charge is 2.06. The Kier molecular flexibility index (Phi) is 5.91. The van der Waals surface area contributed by atoms with Crippen LogP contribution in [0.5, 0.6) is 0 Å². The van der Waals surface area contributed by atoms with Crippen molar-refractivity contribution in [3.05, 3.63) is 35.4 Å². The molecular formula is C14H20N2O2. The van der Waals surface area contributed by atoms with E-state index in [1.165, 1.54) is 0 Å². The van der Waals surface area contributed by atoms with Gasteiger partial charge in [-0.3, -0.25) is 9.59 Å². The van der Waals surface area contributed by atoms with Crippen LogP contribution in [0.2, 0.25) is 0 Å².